The maximum Gasteiger partial charge on any atom is 0.251 e. The standard InChI is InChI=1S/C18H18N4O2/c1-24-17-4-2-3-15(9-17)10-20-18(23)16-7-5-14(6-8-16)11-22-13-19-12-21-22/h2-9,12-13H,10-11H2,1H3,(H,20,23). The van der Waals surface area contributed by atoms with Crippen LogP contribution in [-0.4, -0.2) is 27.8 Å². The highest BCUT2D eigenvalue weighted by Gasteiger charge is 2.06. The van der Waals surface area contributed by atoms with E-state index >= 15 is 0 Å². The van der Waals surface area contributed by atoms with E-state index in [1.165, 1.54) is 6.33 Å². The average Bonchev–Trinajstić information content (AvgIpc) is 3.13. The van der Waals surface area contributed by atoms with E-state index in [1.807, 2.05) is 48.5 Å². The minimum Gasteiger partial charge on any atom is -0.497 e. The van der Waals surface area contributed by atoms with Crippen molar-refractivity contribution in [1.82, 2.24) is 20.1 Å². The van der Waals surface area contributed by atoms with Gasteiger partial charge in [0.15, 0.2) is 0 Å². The van der Waals surface area contributed by atoms with Crippen LogP contribution in [0.1, 0.15) is 21.5 Å². The topological polar surface area (TPSA) is 69.0 Å². The van der Waals surface area contributed by atoms with Gasteiger partial charge in [0.05, 0.1) is 13.7 Å². The van der Waals surface area contributed by atoms with Crippen molar-refractivity contribution in [3.05, 3.63) is 77.9 Å². The van der Waals surface area contributed by atoms with Crippen molar-refractivity contribution in [2.75, 3.05) is 7.11 Å². The molecule has 2 aromatic carbocycles. The van der Waals surface area contributed by atoms with Gasteiger partial charge in [0, 0.05) is 12.1 Å². The number of hydrogen-bond donors (Lipinski definition) is 1. The van der Waals surface area contributed by atoms with E-state index < -0.39 is 0 Å². The molecule has 0 unspecified atom stereocenters. The van der Waals surface area contributed by atoms with Crippen LogP contribution in [-0.2, 0) is 13.1 Å². The van der Waals surface area contributed by atoms with Crippen LogP contribution in [0.25, 0.3) is 0 Å². The summed E-state index contributed by atoms with van der Waals surface area (Å²) in [5, 5.41) is 6.97. The minimum absolute atomic E-state index is 0.106. The predicted molar refractivity (Wildman–Crippen MR) is 89.7 cm³/mol. The number of carbonyl (C=O) groups is 1. The summed E-state index contributed by atoms with van der Waals surface area (Å²) in [7, 11) is 1.62. The molecule has 0 saturated carbocycles. The van der Waals surface area contributed by atoms with Gasteiger partial charge in [-0.3, -0.25) is 4.79 Å². The molecule has 1 aromatic heterocycles. The summed E-state index contributed by atoms with van der Waals surface area (Å²) in [6, 6.07) is 15.1. The van der Waals surface area contributed by atoms with E-state index in [2.05, 4.69) is 15.4 Å². The van der Waals surface area contributed by atoms with Gasteiger partial charge in [-0.25, -0.2) is 9.67 Å². The van der Waals surface area contributed by atoms with Crippen molar-refractivity contribution in [2.45, 2.75) is 13.1 Å². The number of methoxy groups -OCH3 is 1. The Labute approximate surface area is 140 Å². The molecular weight excluding hydrogens is 304 g/mol. The number of hydrogen-bond acceptors (Lipinski definition) is 4. The van der Waals surface area contributed by atoms with Gasteiger partial charge < -0.3 is 10.1 Å². The molecule has 1 amide bonds. The van der Waals surface area contributed by atoms with Crippen LogP contribution in [0, 0.1) is 0 Å². The Balaban J connectivity index is 1.58. The third-order valence-electron chi connectivity index (χ3n) is 3.61. The van der Waals surface area contributed by atoms with Crippen LogP contribution >= 0.6 is 0 Å². The van der Waals surface area contributed by atoms with E-state index in [1.54, 1.807) is 18.1 Å². The first-order chi connectivity index (χ1) is 11.7. The Morgan fingerprint density at radius 3 is 2.71 bits per heavy atom. The monoisotopic (exact) mass is 322 g/mol. The first kappa shape index (κ1) is 15.7. The molecule has 6 heteroatoms. The highest BCUT2D eigenvalue weighted by atomic mass is 16.5. The number of ether oxygens (including phenoxy) is 1. The van der Waals surface area contributed by atoms with Gasteiger partial charge in [-0.2, -0.15) is 5.10 Å². The molecule has 122 valence electrons. The Morgan fingerprint density at radius 1 is 1.17 bits per heavy atom. The van der Waals surface area contributed by atoms with Crippen LogP contribution in [0.3, 0.4) is 0 Å². The smallest absolute Gasteiger partial charge is 0.251 e. The first-order valence-electron chi connectivity index (χ1n) is 7.57. The minimum atomic E-state index is -0.106. The van der Waals surface area contributed by atoms with E-state index in [-0.39, 0.29) is 5.91 Å². The number of nitrogens with one attached hydrogen (secondary N) is 1. The zero-order chi connectivity index (χ0) is 16.8. The number of rotatable bonds is 6. The molecule has 0 spiro atoms. The van der Waals surface area contributed by atoms with Gasteiger partial charge in [0.1, 0.15) is 18.4 Å². The van der Waals surface area contributed by atoms with Gasteiger partial charge in [-0.1, -0.05) is 24.3 Å². The molecule has 1 heterocycles. The Hall–Kier alpha value is -3.15. The van der Waals surface area contributed by atoms with Crippen molar-refractivity contribution in [3.63, 3.8) is 0 Å². The molecule has 0 fully saturated rings. The number of carbonyl (C=O) groups excluding carboxylic acids is 1. The largest absolute Gasteiger partial charge is 0.497 e. The van der Waals surface area contributed by atoms with Crippen molar-refractivity contribution in [1.29, 1.82) is 0 Å². The summed E-state index contributed by atoms with van der Waals surface area (Å²) < 4.78 is 6.91. The van der Waals surface area contributed by atoms with Crippen molar-refractivity contribution in [3.8, 4) is 5.75 Å². The quantitative estimate of drug-likeness (QED) is 0.756. The molecule has 0 aliphatic carbocycles. The van der Waals surface area contributed by atoms with Crippen LogP contribution in [0.15, 0.2) is 61.2 Å². The fourth-order valence-corrected chi connectivity index (χ4v) is 2.33. The molecule has 24 heavy (non-hydrogen) atoms. The first-order valence-corrected chi connectivity index (χ1v) is 7.57. The van der Waals surface area contributed by atoms with E-state index in [0.717, 1.165) is 16.9 Å². The van der Waals surface area contributed by atoms with E-state index in [9.17, 15) is 4.79 Å². The number of amides is 1. The summed E-state index contributed by atoms with van der Waals surface area (Å²) in [5.74, 6) is 0.671. The maximum atomic E-state index is 12.2. The van der Waals surface area contributed by atoms with Gasteiger partial charge in [0.25, 0.3) is 5.91 Å². The second-order valence-corrected chi connectivity index (χ2v) is 5.32. The van der Waals surface area contributed by atoms with Gasteiger partial charge >= 0.3 is 0 Å². The summed E-state index contributed by atoms with van der Waals surface area (Å²) in [6.45, 7) is 1.09. The molecule has 0 radical (unpaired) electrons. The molecule has 0 atom stereocenters. The van der Waals surface area contributed by atoms with Crippen LogP contribution < -0.4 is 10.1 Å². The third kappa shape index (κ3) is 3.98. The fourth-order valence-electron chi connectivity index (χ4n) is 2.33. The maximum absolute atomic E-state index is 12.2. The van der Waals surface area contributed by atoms with Gasteiger partial charge in [-0.15, -0.1) is 0 Å². The fraction of sp³-hybridized carbons (Fsp3) is 0.167. The summed E-state index contributed by atoms with van der Waals surface area (Å²) in [4.78, 5) is 16.1. The lowest BCUT2D eigenvalue weighted by Gasteiger charge is -2.08. The molecule has 3 aromatic rings. The van der Waals surface area contributed by atoms with Gasteiger partial charge in [0.2, 0.25) is 0 Å². The van der Waals surface area contributed by atoms with Crippen molar-refractivity contribution in [2.24, 2.45) is 0 Å². The van der Waals surface area contributed by atoms with Crippen LogP contribution in [0.4, 0.5) is 0 Å². The average molecular weight is 322 g/mol. The zero-order valence-electron chi connectivity index (χ0n) is 13.3. The number of aromatic nitrogens is 3. The number of nitrogens with zero attached hydrogens (tertiary/aromatic N) is 3. The van der Waals surface area contributed by atoms with Crippen LogP contribution in [0.5, 0.6) is 5.75 Å². The second-order valence-electron chi connectivity index (χ2n) is 5.32. The summed E-state index contributed by atoms with van der Waals surface area (Å²) in [6.07, 6.45) is 3.16. The van der Waals surface area contributed by atoms with Crippen LogP contribution in [0.2, 0.25) is 0 Å². The highest BCUT2D eigenvalue weighted by molar-refractivity contribution is 5.94. The molecule has 0 aliphatic heterocycles. The molecule has 0 bridgehead atoms. The van der Waals surface area contributed by atoms with Crippen molar-refractivity contribution < 1.29 is 9.53 Å². The highest BCUT2D eigenvalue weighted by Crippen LogP contribution is 2.12. The lowest BCUT2D eigenvalue weighted by atomic mass is 10.1. The Kier molecular flexibility index (Phi) is 4.86. The lowest BCUT2D eigenvalue weighted by molar-refractivity contribution is 0.0951. The third-order valence-corrected chi connectivity index (χ3v) is 3.61. The molecule has 0 saturated heterocycles. The van der Waals surface area contributed by atoms with E-state index in [4.69, 9.17) is 4.74 Å². The molecule has 1 N–H and O–H groups in total. The predicted octanol–water partition coefficient (Wildman–Crippen LogP) is 2.26. The SMILES string of the molecule is COc1cccc(CNC(=O)c2ccc(Cn3cncn3)cc2)c1. The second kappa shape index (κ2) is 7.41. The molecule has 3 rings (SSSR count). The summed E-state index contributed by atoms with van der Waals surface area (Å²) >= 11 is 0. The lowest BCUT2D eigenvalue weighted by Crippen LogP contribution is -2.22. The number of benzene rings is 2. The van der Waals surface area contributed by atoms with E-state index in [0.29, 0.717) is 18.7 Å². The Morgan fingerprint density at radius 2 is 2.00 bits per heavy atom. The zero-order valence-corrected chi connectivity index (χ0v) is 13.3. The molecular formula is C18H18N4O2. The summed E-state index contributed by atoms with van der Waals surface area (Å²) in [5.41, 5.74) is 2.68. The Bertz CT molecular complexity index is 798. The normalized spacial score (nSPS) is 10.4. The van der Waals surface area contributed by atoms with Gasteiger partial charge in [-0.05, 0) is 35.4 Å². The van der Waals surface area contributed by atoms with Crippen molar-refractivity contribution >= 4 is 5.91 Å². The molecule has 0 aliphatic rings. The molecule has 6 nitrogen and oxygen atoms in total.